The number of carbonyl (C=O) groups is 1. The van der Waals surface area contributed by atoms with Crippen molar-refractivity contribution in [3.63, 3.8) is 0 Å². The molecule has 1 atom stereocenters. The van der Waals surface area contributed by atoms with E-state index in [1.54, 1.807) is 6.08 Å². The van der Waals surface area contributed by atoms with Gasteiger partial charge in [-0.15, -0.1) is 0 Å². The molecule has 0 bridgehead atoms. The van der Waals surface area contributed by atoms with Gasteiger partial charge in [-0.05, 0) is 29.9 Å². The van der Waals surface area contributed by atoms with E-state index in [2.05, 4.69) is 57.8 Å². The highest BCUT2D eigenvalue weighted by molar-refractivity contribution is 5.80. The molecular formula is C18H27NO2. The van der Waals surface area contributed by atoms with Crippen LogP contribution in [0.25, 0.3) is 0 Å². The van der Waals surface area contributed by atoms with E-state index in [4.69, 9.17) is 4.74 Å². The summed E-state index contributed by atoms with van der Waals surface area (Å²) in [5.74, 6) is 0.522. The lowest BCUT2D eigenvalue weighted by Gasteiger charge is -2.23. The summed E-state index contributed by atoms with van der Waals surface area (Å²) in [6, 6.07) is 5.92. The van der Waals surface area contributed by atoms with Crippen LogP contribution < -0.4 is 5.32 Å². The molecule has 0 fully saturated rings. The van der Waals surface area contributed by atoms with Gasteiger partial charge in [0.2, 0.25) is 0 Å². The van der Waals surface area contributed by atoms with E-state index < -0.39 is 0 Å². The molecule has 0 unspecified atom stereocenters. The molecule has 21 heavy (non-hydrogen) atoms. The maximum absolute atomic E-state index is 11.9. The molecule has 3 heteroatoms. The zero-order chi connectivity index (χ0) is 16.0. The second-order valence-electron chi connectivity index (χ2n) is 5.91. The monoisotopic (exact) mass is 289 g/mol. The number of hydrogen-bond acceptors (Lipinski definition) is 3. The molecule has 0 saturated heterocycles. The van der Waals surface area contributed by atoms with Crippen molar-refractivity contribution in [1.29, 1.82) is 0 Å². The van der Waals surface area contributed by atoms with Crippen LogP contribution in [0.1, 0.15) is 57.6 Å². The van der Waals surface area contributed by atoms with Gasteiger partial charge in [0.25, 0.3) is 0 Å². The molecule has 116 valence electrons. The SMILES string of the molecule is C=CCOC(=O)[C@H](C)Nc1c(C(C)C)cccc1C(C)C. The van der Waals surface area contributed by atoms with Gasteiger partial charge in [0.05, 0.1) is 0 Å². The van der Waals surface area contributed by atoms with Crippen molar-refractivity contribution < 1.29 is 9.53 Å². The van der Waals surface area contributed by atoms with E-state index >= 15 is 0 Å². The maximum atomic E-state index is 11.9. The van der Waals surface area contributed by atoms with Crippen LogP contribution in [0.3, 0.4) is 0 Å². The highest BCUT2D eigenvalue weighted by Crippen LogP contribution is 2.32. The molecule has 1 aromatic carbocycles. The lowest BCUT2D eigenvalue weighted by molar-refractivity contribution is -0.142. The first-order chi connectivity index (χ1) is 9.88. The highest BCUT2D eigenvalue weighted by atomic mass is 16.5. The maximum Gasteiger partial charge on any atom is 0.328 e. The first-order valence-corrected chi connectivity index (χ1v) is 7.55. The Bertz CT molecular complexity index is 466. The van der Waals surface area contributed by atoms with E-state index in [0.717, 1.165) is 5.69 Å². The van der Waals surface area contributed by atoms with Crippen LogP contribution in [0.2, 0.25) is 0 Å². The van der Waals surface area contributed by atoms with Crippen LogP contribution in [0.4, 0.5) is 5.69 Å². The van der Waals surface area contributed by atoms with Gasteiger partial charge in [0, 0.05) is 5.69 Å². The summed E-state index contributed by atoms with van der Waals surface area (Å²) in [4.78, 5) is 11.9. The van der Waals surface area contributed by atoms with E-state index in [1.165, 1.54) is 11.1 Å². The molecule has 3 nitrogen and oxygen atoms in total. The zero-order valence-electron chi connectivity index (χ0n) is 13.8. The standard InChI is InChI=1S/C18H27NO2/c1-7-11-21-18(20)14(6)19-17-15(12(2)3)9-8-10-16(17)13(4)5/h7-10,12-14,19H,1,11H2,2-6H3/t14-/m0/s1. The minimum Gasteiger partial charge on any atom is -0.460 e. The van der Waals surface area contributed by atoms with Crippen LogP contribution in [-0.2, 0) is 9.53 Å². The number of ether oxygens (including phenoxy) is 1. The largest absolute Gasteiger partial charge is 0.460 e. The predicted octanol–water partition coefficient (Wildman–Crippen LogP) is 4.46. The lowest BCUT2D eigenvalue weighted by atomic mass is 9.92. The predicted molar refractivity (Wildman–Crippen MR) is 88.9 cm³/mol. The molecule has 0 saturated carbocycles. The van der Waals surface area contributed by atoms with Crippen molar-refractivity contribution in [2.75, 3.05) is 11.9 Å². The fourth-order valence-electron chi connectivity index (χ4n) is 2.26. The summed E-state index contributed by atoms with van der Waals surface area (Å²) >= 11 is 0. The van der Waals surface area contributed by atoms with Gasteiger partial charge >= 0.3 is 5.97 Å². The zero-order valence-corrected chi connectivity index (χ0v) is 13.8. The molecule has 0 heterocycles. The number of benzene rings is 1. The van der Waals surface area contributed by atoms with E-state index in [1.807, 2.05) is 6.92 Å². The number of rotatable bonds is 7. The van der Waals surface area contributed by atoms with Gasteiger partial charge in [0.1, 0.15) is 12.6 Å². The molecule has 0 aliphatic carbocycles. The first kappa shape index (κ1) is 17.3. The number of carbonyl (C=O) groups excluding carboxylic acids is 1. The average Bonchev–Trinajstić information content (AvgIpc) is 2.44. The lowest BCUT2D eigenvalue weighted by Crippen LogP contribution is -2.29. The molecule has 0 spiro atoms. The van der Waals surface area contributed by atoms with Crippen molar-refractivity contribution >= 4 is 11.7 Å². The van der Waals surface area contributed by atoms with Gasteiger partial charge in [0.15, 0.2) is 0 Å². The summed E-state index contributed by atoms with van der Waals surface area (Å²) in [6.07, 6.45) is 1.58. The number of para-hydroxylation sites is 1. The van der Waals surface area contributed by atoms with E-state index in [0.29, 0.717) is 11.8 Å². The minimum atomic E-state index is -0.387. The van der Waals surface area contributed by atoms with Gasteiger partial charge in [-0.2, -0.15) is 0 Å². The summed E-state index contributed by atoms with van der Waals surface area (Å²) in [7, 11) is 0. The second kappa shape index (κ2) is 7.87. The highest BCUT2D eigenvalue weighted by Gasteiger charge is 2.19. The normalized spacial score (nSPS) is 12.3. The third-order valence-corrected chi connectivity index (χ3v) is 3.43. The molecule has 0 amide bonds. The summed E-state index contributed by atoms with van der Waals surface area (Å²) in [5.41, 5.74) is 3.51. The molecule has 0 radical (unpaired) electrons. The van der Waals surface area contributed by atoms with Crippen molar-refractivity contribution in [3.8, 4) is 0 Å². The van der Waals surface area contributed by atoms with E-state index in [9.17, 15) is 4.79 Å². The van der Waals surface area contributed by atoms with Crippen molar-refractivity contribution in [1.82, 2.24) is 0 Å². The minimum absolute atomic E-state index is 0.244. The van der Waals surface area contributed by atoms with Crippen LogP contribution in [0.5, 0.6) is 0 Å². The first-order valence-electron chi connectivity index (χ1n) is 7.55. The Kier molecular flexibility index (Phi) is 6.47. The molecule has 1 rings (SSSR count). The van der Waals surface area contributed by atoms with Gasteiger partial charge in [-0.3, -0.25) is 0 Å². The van der Waals surface area contributed by atoms with Crippen LogP contribution in [0, 0.1) is 0 Å². The molecule has 1 aromatic rings. The van der Waals surface area contributed by atoms with Crippen molar-refractivity contribution in [3.05, 3.63) is 42.0 Å². The average molecular weight is 289 g/mol. The third-order valence-electron chi connectivity index (χ3n) is 3.43. The molecular weight excluding hydrogens is 262 g/mol. The van der Waals surface area contributed by atoms with Crippen molar-refractivity contribution in [2.45, 2.75) is 52.5 Å². The van der Waals surface area contributed by atoms with Crippen LogP contribution in [-0.4, -0.2) is 18.6 Å². The molecule has 0 aromatic heterocycles. The number of hydrogen-bond donors (Lipinski definition) is 1. The Labute approximate surface area is 128 Å². The Morgan fingerprint density at radius 3 is 2.14 bits per heavy atom. The van der Waals surface area contributed by atoms with Gasteiger partial charge in [-0.1, -0.05) is 58.5 Å². The Morgan fingerprint density at radius 1 is 1.19 bits per heavy atom. The Balaban J connectivity index is 3.04. The fourth-order valence-corrected chi connectivity index (χ4v) is 2.26. The summed E-state index contributed by atoms with van der Waals surface area (Å²) < 4.78 is 5.11. The summed E-state index contributed by atoms with van der Waals surface area (Å²) in [6.45, 7) is 14.3. The molecule has 1 N–H and O–H groups in total. The number of anilines is 1. The quantitative estimate of drug-likeness (QED) is 0.595. The second-order valence-corrected chi connectivity index (χ2v) is 5.91. The topological polar surface area (TPSA) is 38.3 Å². The smallest absolute Gasteiger partial charge is 0.328 e. The Hall–Kier alpha value is -1.77. The Morgan fingerprint density at radius 2 is 1.71 bits per heavy atom. The van der Waals surface area contributed by atoms with Gasteiger partial charge in [-0.25, -0.2) is 4.79 Å². The van der Waals surface area contributed by atoms with Crippen LogP contribution in [0.15, 0.2) is 30.9 Å². The third kappa shape index (κ3) is 4.62. The number of nitrogens with one attached hydrogen (secondary N) is 1. The molecule has 0 aliphatic rings. The van der Waals surface area contributed by atoms with Crippen molar-refractivity contribution in [2.24, 2.45) is 0 Å². The van der Waals surface area contributed by atoms with Crippen LogP contribution >= 0.6 is 0 Å². The summed E-state index contributed by atoms with van der Waals surface area (Å²) in [5, 5.41) is 3.34. The fraction of sp³-hybridized carbons (Fsp3) is 0.500. The van der Waals surface area contributed by atoms with Gasteiger partial charge < -0.3 is 10.1 Å². The molecule has 0 aliphatic heterocycles. The number of esters is 1. The van der Waals surface area contributed by atoms with E-state index in [-0.39, 0.29) is 18.6 Å².